The molecule has 94 valence electrons. The average molecular weight is 226 g/mol. The second-order valence-corrected chi connectivity index (χ2v) is 5.15. The first-order chi connectivity index (χ1) is 7.63. The van der Waals surface area contributed by atoms with Crippen molar-refractivity contribution in [3.8, 4) is 0 Å². The van der Waals surface area contributed by atoms with Gasteiger partial charge in [-0.05, 0) is 30.4 Å². The minimum absolute atomic E-state index is 0.270. The van der Waals surface area contributed by atoms with Crippen LogP contribution in [-0.2, 0) is 4.74 Å². The molecule has 0 fully saturated rings. The van der Waals surface area contributed by atoms with Crippen LogP contribution < -0.4 is 5.73 Å². The summed E-state index contributed by atoms with van der Waals surface area (Å²) in [7, 11) is 1.76. The molecule has 0 saturated heterocycles. The Hall–Kier alpha value is -0.380. The molecule has 3 nitrogen and oxygen atoms in total. The Labute approximate surface area is 99.6 Å². The lowest BCUT2D eigenvalue weighted by Crippen LogP contribution is -2.42. The van der Waals surface area contributed by atoms with Crippen molar-refractivity contribution in [3.63, 3.8) is 0 Å². The van der Waals surface area contributed by atoms with Crippen molar-refractivity contribution < 1.29 is 4.74 Å². The number of methoxy groups -OCH3 is 1. The van der Waals surface area contributed by atoms with Crippen molar-refractivity contribution in [2.75, 3.05) is 39.9 Å². The van der Waals surface area contributed by atoms with Gasteiger partial charge in [-0.3, -0.25) is 4.90 Å². The molecule has 0 spiro atoms. The van der Waals surface area contributed by atoms with E-state index in [1.54, 1.807) is 7.11 Å². The first-order valence-electron chi connectivity index (χ1n) is 6.23. The van der Waals surface area contributed by atoms with Crippen molar-refractivity contribution in [1.29, 1.82) is 0 Å². The van der Waals surface area contributed by atoms with Crippen LogP contribution in [0.4, 0.5) is 0 Å². The fraction of sp³-hybridized carbons (Fsp3) is 0.846. The Bertz CT molecular complexity index is 234. The van der Waals surface area contributed by atoms with Gasteiger partial charge in [-0.25, -0.2) is 0 Å². The van der Waals surface area contributed by atoms with E-state index in [1.165, 1.54) is 5.57 Å². The summed E-state index contributed by atoms with van der Waals surface area (Å²) in [6, 6.07) is 0. The molecule has 1 aliphatic heterocycles. The summed E-state index contributed by atoms with van der Waals surface area (Å²) < 4.78 is 5.15. The van der Waals surface area contributed by atoms with Gasteiger partial charge in [0.05, 0.1) is 6.61 Å². The van der Waals surface area contributed by atoms with E-state index in [1.807, 2.05) is 0 Å². The third-order valence-corrected chi connectivity index (χ3v) is 3.67. The number of nitrogens with zero attached hydrogens (tertiary/aromatic N) is 1. The molecular weight excluding hydrogens is 200 g/mol. The molecule has 0 aliphatic carbocycles. The highest BCUT2D eigenvalue weighted by Crippen LogP contribution is 2.22. The molecule has 0 amide bonds. The van der Waals surface area contributed by atoms with Gasteiger partial charge in [0.15, 0.2) is 0 Å². The van der Waals surface area contributed by atoms with Gasteiger partial charge >= 0.3 is 0 Å². The molecule has 0 radical (unpaired) electrons. The van der Waals surface area contributed by atoms with Crippen LogP contribution in [0.3, 0.4) is 0 Å². The lowest BCUT2D eigenvalue weighted by atomic mass is 9.86. The lowest BCUT2D eigenvalue weighted by Gasteiger charge is -2.35. The molecule has 0 saturated carbocycles. The Balaban J connectivity index is 2.42. The van der Waals surface area contributed by atoms with E-state index in [0.29, 0.717) is 0 Å². The third-order valence-electron chi connectivity index (χ3n) is 3.67. The second-order valence-electron chi connectivity index (χ2n) is 5.15. The first-order valence-corrected chi connectivity index (χ1v) is 6.23. The van der Waals surface area contributed by atoms with Crippen LogP contribution in [0.1, 0.15) is 26.7 Å². The normalized spacial score (nSPS) is 21.6. The highest BCUT2D eigenvalue weighted by Gasteiger charge is 2.24. The SMILES string of the molecule is CCC(C)(CN)CN1CC=C(COC)CC1. The number of nitrogens with two attached hydrogens (primary N) is 1. The fourth-order valence-electron chi connectivity index (χ4n) is 2.07. The quantitative estimate of drug-likeness (QED) is 0.700. The van der Waals surface area contributed by atoms with Gasteiger partial charge in [0.25, 0.3) is 0 Å². The summed E-state index contributed by atoms with van der Waals surface area (Å²) in [6.07, 6.45) is 4.59. The van der Waals surface area contributed by atoms with Gasteiger partial charge in [0, 0.05) is 26.7 Å². The smallest absolute Gasteiger partial charge is 0.0673 e. The topological polar surface area (TPSA) is 38.5 Å². The number of ether oxygens (including phenoxy) is 1. The molecule has 0 bridgehead atoms. The highest BCUT2D eigenvalue weighted by atomic mass is 16.5. The fourth-order valence-corrected chi connectivity index (χ4v) is 2.07. The molecule has 1 atom stereocenters. The monoisotopic (exact) mass is 226 g/mol. The Morgan fingerprint density at radius 2 is 2.31 bits per heavy atom. The maximum atomic E-state index is 5.85. The van der Waals surface area contributed by atoms with Crippen molar-refractivity contribution in [2.24, 2.45) is 11.1 Å². The molecule has 16 heavy (non-hydrogen) atoms. The molecule has 1 aliphatic rings. The summed E-state index contributed by atoms with van der Waals surface area (Å²) in [4.78, 5) is 2.50. The van der Waals surface area contributed by atoms with Crippen LogP contribution >= 0.6 is 0 Å². The van der Waals surface area contributed by atoms with Crippen molar-refractivity contribution >= 4 is 0 Å². The van der Waals surface area contributed by atoms with E-state index >= 15 is 0 Å². The van der Waals surface area contributed by atoms with E-state index in [-0.39, 0.29) is 5.41 Å². The molecule has 1 rings (SSSR count). The molecule has 0 aromatic carbocycles. The first kappa shape index (κ1) is 13.7. The maximum absolute atomic E-state index is 5.85. The third kappa shape index (κ3) is 3.89. The van der Waals surface area contributed by atoms with Crippen LogP contribution in [0.5, 0.6) is 0 Å². The van der Waals surface area contributed by atoms with Crippen molar-refractivity contribution in [2.45, 2.75) is 26.7 Å². The molecule has 1 unspecified atom stereocenters. The molecule has 0 aromatic rings. The van der Waals surface area contributed by atoms with Gasteiger partial charge in [0.1, 0.15) is 0 Å². The van der Waals surface area contributed by atoms with E-state index in [9.17, 15) is 0 Å². The number of rotatable bonds is 6. The van der Waals surface area contributed by atoms with Gasteiger partial charge in [0.2, 0.25) is 0 Å². The highest BCUT2D eigenvalue weighted by molar-refractivity contribution is 5.08. The standard InChI is InChI=1S/C13H26N2O/c1-4-13(2,10-14)11-15-7-5-12(6-8-15)9-16-3/h5H,4,6-11,14H2,1-3H3. The van der Waals surface area contributed by atoms with Gasteiger partial charge < -0.3 is 10.5 Å². The Kier molecular flexibility index (Phi) is 5.46. The van der Waals surface area contributed by atoms with Crippen molar-refractivity contribution in [1.82, 2.24) is 4.90 Å². The van der Waals surface area contributed by atoms with Crippen LogP contribution in [0.15, 0.2) is 11.6 Å². The Morgan fingerprint density at radius 3 is 2.75 bits per heavy atom. The summed E-state index contributed by atoms with van der Waals surface area (Å²) >= 11 is 0. The minimum Gasteiger partial charge on any atom is -0.380 e. The summed E-state index contributed by atoms with van der Waals surface area (Å²) in [6.45, 7) is 9.37. The predicted molar refractivity (Wildman–Crippen MR) is 68.5 cm³/mol. The average Bonchev–Trinajstić information content (AvgIpc) is 2.32. The van der Waals surface area contributed by atoms with Crippen LogP contribution in [0.25, 0.3) is 0 Å². The van der Waals surface area contributed by atoms with Crippen LogP contribution in [0.2, 0.25) is 0 Å². The summed E-state index contributed by atoms with van der Waals surface area (Å²) in [5, 5.41) is 0. The maximum Gasteiger partial charge on any atom is 0.0673 e. The van der Waals surface area contributed by atoms with E-state index < -0.39 is 0 Å². The van der Waals surface area contributed by atoms with Gasteiger partial charge in [-0.2, -0.15) is 0 Å². The Morgan fingerprint density at radius 1 is 1.56 bits per heavy atom. The van der Waals surface area contributed by atoms with E-state index in [0.717, 1.165) is 45.6 Å². The van der Waals surface area contributed by atoms with E-state index in [4.69, 9.17) is 10.5 Å². The zero-order valence-corrected chi connectivity index (χ0v) is 11.0. The second kappa shape index (κ2) is 6.38. The van der Waals surface area contributed by atoms with E-state index in [2.05, 4.69) is 24.8 Å². The van der Waals surface area contributed by atoms with Crippen LogP contribution in [0, 0.1) is 5.41 Å². The zero-order valence-electron chi connectivity index (χ0n) is 11.0. The molecule has 2 N–H and O–H groups in total. The molecular formula is C13H26N2O. The number of hydrogen-bond acceptors (Lipinski definition) is 3. The zero-order chi connectivity index (χ0) is 12.0. The molecule has 0 aromatic heterocycles. The van der Waals surface area contributed by atoms with Crippen molar-refractivity contribution in [3.05, 3.63) is 11.6 Å². The predicted octanol–water partition coefficient (Wildman–Crippen LogP) is 1.64. The largest absolute Gasteiger partial charge is 0.380 e. The molecule has 1 heterocycles. The summed E-state index contributed by atoms with van der Waals surface area (Å²) in [5.74, 6) is 0. The van der Waals surface area contributed by atoms with Crippen LogP contribution in [-0.4, -0.2) is 44.8 Å². The minimum atomic E-state index is 0.270. The number of hydrogen-bond donors (Lipinski definition) is 1. The van der Waals surface area contributed by atoms with Gasteiger partial charge in [-0.15, -0.1) is 0 Å². The molecule has 3 heteroatoms. The lowest BCUT2D eigenvalue weighted by molar-refractivity contribution is 0.165. The van der Waals surface area contributed by atoms with Gasteiger partial charge in [-0.1, -0.05) is 19.9 Å². The summed E-state index contributed by atoms with van der Waals surface area (Å²) in [5.41, 5.74) is 7.55.